The van der Waals surface area contributed by atoms with Crippen LogP contribution < -0.4 is 5.32 Å². The number of sulfone groups is 1. The van der Waals surface area contributed by atoms with E-state index in [1.165, 1.54) is 0 Å². The number of amides is 1. The third-order valence-corrected chi connectivity index (χ3v) is 5.91. The van der Waals surface area contributed by atoms with Gasteiger partial charge < -0.3 is 5.32 Å². The molecule has 0 aliphatic carbocycles. The van der Waals surface area contributed by atoms with E-state index in [2.05, 4.69) is 10.3 Å². The van der Waals surface area contributed by atoms with Crippen molar-refractivity contribution in [2.75, 3.05) is 11.5 Å². The van der Waals surface area contributed by atoms with Crippen LogP contribution >= 0.6 is 0 Å². The van der Waals surface area contributed by atoms with Crippen LogP contribution in [0.3, 0.4) is 0 Å². The second-order valence-corrected chi connectivity index (χ2v) is 8.30. The lowest BCUT2D eigenvalue weighted by molar-refractivity contribution is -0.121. The van der Waals surface area contributed by atoms with Gasteiger partial charge in [0, 0.05) is 11.6 Å². The van der Waals surface area contributed by atoms with Gasteiger partial charge in [-0.05, 0) is 25.0 Å². The smallest absolute Gasteiger partial charge is 0.224 e. The Labute approximate surface area is 129 Å². The molecule has 0 radical (unpaired) electrons. The number of rotatable bonds is 3. The van der Waals surface area contributed by atoms with Crippen LogP contribution in [-0.2, 0) is 21.1 Å². The van der Waals surface area contributed by atoms with Crippen molar-refractivity contribution in [3.05, 3.63) is 42.1 Å². The van der Waals surface area contributed by atoms with E-state index in [1.807, 2.05) is 30.3 Å². The fourth-order valence-electron chi connectivity index (χ4n) is 2.97. The summed E-state index contributed by atoms with van der Waals surface area (Å²) in [5.74, 6) is -0.0168. The van der Waals surface area contributed by atoms with Crippen LogP contribution in [0.15, 0.2) is 36.5 Å². The monoisotopic (exact) mass is 318 g/mol. The predicted octanol–water partition coefficient (Wildman–Crippen LogP) is 1.47. The summed E-state index contributed by atoms with van der Waals surface area (Å²) in [6, 6.07) is 9.54. The Kier molecular flexibility index (Phi) is 3.64. The Bertz CT molecular complexity index is 827. The first kappa shape index (κ1) is 15.0. The summed E-state index contributed by atoms with van der Waals surface area (Å²) in [5.41, 5.74) is 0.998. The van der Waals surface area contributed by atoms with Gasteiger partial charge in [-0.15, -0.1) is 0 Å². The zero-order valence-corrected chi connectivity index (χ0v) is 13.2. The maximum atomic E-state index is 12.3. The van der Waals surface area contributed by atoms with E-state index in [0.29, 0.717) is 6.42 Å². The molecule has 3 rings (SSSR count). The number of hydrogen-bond acceptors (Lipinski definition) is 4. The van der Waals surface area contributed by atoms with Gasteiger partial charge in [0.2, 0.25) is 5.91 Å². The van der Waals surface area contributed by atoms with Crippen molar-refractivity contribution in [2.24, 2.45) is 0 Å². The molecular formula is C16H18N2O3S. The van der Waals surface area contributed by atoms with Crippen LogP contribution in [0.5, 0.6) is 0 Å². The molecule has 1 atom stereocenters. The molecule has 1 aliphatic heterocycles. The van der Waals surface area contributed by atoms with E-state index in [9.17, 15) is 13.2 Å². The minimum atomic E-state index is -3.03. The minimum absolute atomic E-state index is 0.0134. The lowest BCUT2D eigenvalue weighted by Gasteiger charge is -2.24. The van der Waals surface area contributed by atoms with E-state index in [-0.39, 0.29) is 23.8 Å². The Morgan fingerprint density at radius 1 is 1.32 bits per heavy atom. The number of nitrogens with one attached hydrogen (secondary N) is 1. The first-order chi connectivity index (χ1) is 10.4. The second-order valence-electron chi connectivity index (χ2n) is 6.12. The molecule has 1 N–H and O–H groups in total. The number of para-hydroxylation sites is 1. The largest absolute Gasteiger partial charge is 0.350 e. The number of nitrogens with zero attached hydrogens (tertiary/aromatic N) is 1. The number of aromatic nitrogens is 1. The van der Waals surface area contributed by atoms with Crippen LogP contribution in [0.4, 0.5) is 0 Å². The number of carbonyl (C=O) groups excluding carboxylic acids is 1. The molecule has 0 bridgehead atoms. The summed E-state index contributed by atoms with van der Waals surface area (Å²) in [7, 11) is -3.03. The minimum Gasteiger partial charge on any atom is -0.350 e. The van der Waals surface area contributed by atoms with E-state index in [1.54, 1.807) is 13.1 Å². The SMILES string of the molecule is C[C@]1(NC(=O)Cc2cccc3cccnc23)CCS(=O)(=O)C1. The van der Waals surface area contributed by atoms with Gasteiger partial charge in [-0.1, -0.05) is 24.3 Å². The Morgan fingerprint density at radius 3 is 2.82 bits per heavy atom. The van der Waals surface area contributed by atoms with Crippen molar-refractivity contribution in [1.82, 2.24) is 10.3 Å². The third-order valence-electron chi connectivity index (χ3n) is 4.01. The van der Waals surface area contributed by atoms with E-state index >= 15 is 0 Å². The van der Waals surface area contributed by atoms with E-state index < -0.39 is 15.4 Å². The van der Waals surface area contributed by atoms with Crippen LogP contribution in [-0.4, -0.2) is 36.4 Å². The molecule has 0 saturated carbocycles. The van der Waals surface area contributed by atoms with Crippen LogP contribution in [0.25, 0.3) is 10.9 Å². The Hall–Kier alpha value is -1.95. The highest BCUT2D eigenvalue weighted by atomic mass is 32.2. The van der Waals surface area contributed by atoms with Crippen molar-refractivity contribution in [2.45, 2.75) is 25.3 Å². The van der Waals surface area contributed by atoms with Gasteiger partial charge >= 0.3 is 0 Å². The molecule has 2 aromatic rings. The van der Waals surface area contributed by atoms with Crippen LogP contribution in [0.1, 0.15) is 18.9 Å². The number of hydrogen-bond donors (Lipinski definition) is 1. The lowest BCUT2D eigenvalue weighted by Crippen LogP contribution is -2.47. The summed E-state index contributed by atoms with van der Waals surface area (Å²) >= 11 is 0. The van der Waals surface area contributed by atoms with E-state index in [0.717, 1.165) is 16.5 Å². The Morgan fingerprint density at radius 2 is 2.09 bits per heavy atom. The highest BCUT2D eigenvalue weighted by molar-refractivity contribution is 7.91. The number of carbonyl (C=O) groups is 1. The molecule has 1 saturated heterocycles. The fraction of sp³-hybridized carbons (Fsp3) is 0.375. The lowest BCUT2D eigenvalue weighted by atomic mass is 10.0. The average molecular weight is 318 g/mol. The Balaban J connectivity index is 1.77. The summed E-state index contributed by atoms with van der Waals surface area (Å²) in [6.07, 6.45) is 2.37. The van der Waals surface area contributed by atoms with Crippen molar-refractivity contribution in [1.29, 1.82) is 0 Å². The molecule has 1 amide bonds. The molecule has 1 aromatic carbocycles. The summed E-state index contributed by atoms with van der Waals surface area (Å²) in [5, 5.41) is 3.87. The number of pyridine rings is 1. The third kappa shape index (κ3) is 3.11. The average Bonchev–Trinajstić information content (AvgIpc) is 2.72. The standard InChI is InChI=1S/C16H18N2O3S/c1-16(7-9-22(20,21)11-16)18-14(19)10-13-5-2-4-12-6-3-8-17-15(12)13/h2-6,8H,7,9-11H2,1H3,(H,18,19)/t16-/m0/s1. The maximum absolute atomic E-state index is 12.3. The van der Waals surface area contributed by atoms with Gasteiger partial charge in [-0.25, -0.2) is 8.42 Å². The highest BCUT2D eigenvalue weighted by Crippen LogP contribution is 2.23. The van der Waals surface area contributed by atoms with Crippen LogP contribution in [0.2, 0.25) is 0 Å². The molecule has 5 nitrogen and oxygen atoms in total. The quantitative estimate of drug-likeness (QED) is 0.930. The van der Waals surface area contributed by atoms with Crippen molar-refractivity contribution < 1.29 is 13.2 Å². The summed E-state index contributed by atoms with van der Waals surface area (Å²) in [6.45, 7) is 1.79. The van der Waals surface area contributed by atoms with E-state index in [4.69, 9.17) is 0 Å². The van der Waals surface area contributed by atoms with Gasteiger partial charge in [0.05, 0.1) is 29.0 Å². The van der Waals surface area contributed by atoms with Gasteiger partial charge in [0.1, 0.15) is 0 Å². The molecule has 2 heterocycles. The first-order valence-electron chi connectivity index (χ1n) is 7.21. The van der Waals surface area contributed by atoms with Crippen molar-refractivity contribution in [3.63, 3.8) is 0 Å². The summed E-state index contributed by atoms with van der Waals surface area (Å²) < 4.78 is 23.2. The fourth-order valence-corrected chi connectivity index (χ4v) is 5.07. The van der Waals surface area contributed by atoms with Crippen LogP contribution in [0, 0.1) is 0 Å². The van der Waals surface area contributed by atoms with Gasteiger partial charge in [-0.3, -0.25) is 9.78 Å². The molecule has 1 aromatic heterocycles. The predicted molar refractivity (Wildman–Crippen MR) is 85.3 cm³/mol. The molecule has 6 heteroatoms. The molecule has 0 unspecified atom stereocenters. The van der Waals surface area contributed by atoms with Crippen molar-refractivity contribution >= 4 is 26.6 Å². The maximum Gasteiger partial charge on any atom is 0.224 e. The van der Waals surface area contributed by atoms with Crippen molar-refractivity contribution in [3.8, 4) is 0 Å². The van der Waals surface area contributed by atoms with Gasteiger partial charge in [-0.2, -0.15) is 0 Å². The molecule has 0 spiro atoms. The first-order valence-corrected chi connectivity index (χ1v) is 9.03. The second kappa shape index (κ2) is 5.35. The van der Waals surface area contributed by atoms with Gasteiger partial charge in [0.25, 0.3) is 0 Å². The molecule has 1 fully saturated rings. The zero-order valence-electron chi connectivity index (χ0n) is 12.4. The molecule has 22 heavy (non-hydrogen) atoms. The number of benzene rings is 1. The molecule has 116 valence electrons. The normalized spacial score (nSPS) is 23.5. The van der Waals surface area contributed by atoms with Gasteiger partial charge in [0.15, 0.2) is 9.84 Å². The zero-order chi connectivity index (χ0) is 15.8. The topological polar surface area (TPSA) is 76.1 Å². The number of fused-ring (bicyclic) bond motifs is 1. The molecular weight excluding hydrogens is 300 g/mol. The molecule has 1 aliphatic rings. The summed E-state index contributed by atoms with van der Waals surface area (Å²) in [4.78, 5) is 16.6. The highest BCUT2D eigenvalue weighted by Gasteiger charge is 2.39.